The van der Waals surface area contributed by atoms with Crippen LogP contribution in [-0.4, -0.2) is 66.1 Å². The second kappa shape index (κ2) is 7.05. The molecule has 1 aromatic heterocycles. The van der Waals surface area contributed by atoms with Crippen LogP contribution < -0.4 is 10.2 Å². The molecule has 0 bridgehead atoms. The highest BCUT2D eigenvalue weighted by Crippen LogP contribution is 2.54. The van der Waals surface area contributed by atoms with Crippen molar-refractivity contribution in [3.8, 4) is 0 Å². The van der Waals surface area contributed by atoms with Gasteiger partial charge in [-0.25, -0.2) is 0 Å². The summed E-state index contributed by atoms with van der Waals surface area (Å²) in [5, 5.41) is 7.15. The van der Waals surface area contributed by atoms with Crippen LogP contribution in [0.25, 0.3) is 0 Å². The van der Waals surface area contributed by atoms with Crippen molar-refractivity contribution in [2.45, 2.75) is 64.0 Å². The molecule has 29 heavy (non-hydrogen) atoms. The van der Waals surface area contributed by atoms with Crippen molar-refractivity contribution < 1.29 is 9.32 Å². The fourth-order valence-corrected chi connectivity index (χ4v) is 6.15. The number of carbonyl (C=O) groups is 1. The molecule has 2 aliphatic heterocycles. The van der Waals surface area contributed by atoms with Crippen LogP contribution in [-0.2, 0) is 4.79 Å². The van der Waals surface area contributed by atoms with Gasteiger partial charge in [-0.05, 0) is 71.3 Å². The summed E-state index contributed by atoms with van der Waals surface area (Å²) in [6.07, 6.45) is 9.23. The summed E-state index contributed by atoms with van der Waals surface area (Å²) in [4.78, 5) is 20.1. The molecular weight excluding hydrogens is 366 g/mol. The van der Waals surface area contributed by atoms with Gasteiger partial charge < -0.3 is 19.5 Å². The zero-order valence-electron chi connectivity index (χ0n) is 18.1. The Hall–Kier alpha value is -1.47. The van der Waals surface area contributed by atoms with Crippen LogP contribution in [0.1, 0.15) is 51.3 Å². The minimum atomic E-state index is 0.381. The van der Waals surface area contributed by atoms with Gasteiger partial charge in [-0.3, -0.25) is 4.90 Å². The number of fused-ring (bicyclic) bond motifs is 1. The van der Waals surface area contributed by atoms with Gasteiger partial charge in [-0.15, -0.1) is 0 Å². The standard InChI is InChI=1S/C16H22N4O2.C6H13N/c1-10-17-15(22-18-10)20-8-16(9-20)3-2-11(4-16)19-5-12-13(6-19)14(12)7-21;1-6(7-2)4-3-5-6/h7,11-14H,2-6,8-9H2,1H3;7H,3-5H2,1-2H3. The molecule has 0 radical (unpaired) electrons. The summed E-state index contributed by atoms with van der Waals surface area (Å²) in [5.41, 5.74) is 0.976. The fourth-order valence-electron chi connectivity index (χ4n) is 6.15. The summed E-state index contributed by atoms with van der Waals surface area (Å²) >= 11 is 0. The normalized spacial score (nSPS) is 36.0. The third-order valence-corrected chi connectivity index (χ3v) is 8.54. The molecule has 5 fully saturated rings. The Labute approximate surface area is 173 Å². The van der Waals surface area contributed by atoms with E-state index in [4.69, 9.17) is 4.52 Å². The number of aromatic nitrogens is 2. The summed E-state index contributed by atoms with van der Waals surface area (Å²) in [6.45, 7) is 8.56. The first kappa shape index (κ1) is 19.5. The Morgan fingerprint density at radius 1 is 1.21 bits per heavy atom. The zero-order valence-corrected chi connectivity index (χ0v) is 18.1. The third kappa shape index (κ3) is 3.50. The summed E-state index contributed by atoms with van der Waals surface area (Å²) in [5.74, 6) is 2.44. The van der Waals surface area contributed by atoms with E-state index in [0.29, 0.717) is 40.5 Å². The highest BCUT2D eigenvalue weighted by atomic mass is 16.5. The Bertz CT molecular complexity index is 737. The van der Waals surface area contributed by atoms with E-state index >= 15 is 0 Å². The molecule has 7 heteroatoms. The van der Waals surface area contributed by atoms with Crippen LogP contribution in [0.2, 0.25) is 0 Å². The van der Waals surface area contributed by atoms with Gasteiger partial charge in [0, 0.05) is 49.1 Å². The zero-order chi connectivity index (χ0) is 20.2. The molecule has 1 spiro atoms. The van der Waals surface area contributed by atoms with E-state index in [1.165, 1.54) is 44.8 Å². The van der Waals surface area contributed by atoms with Crippen LogP contribution >= 0.6 is 0 Å². The third-order valence-electron chi connectivity index (χ3n) is 8.54. The molecule has 1 aromatic rings. The Balaban J connectivity index is 0.000000222. The number of nitrogens with zero attached hydrogens (tertiary/aromatic N) is 4. The first-order valence-electron chi connectivity index (χ1n) is 11.4. The average molecular weight is 402 g/mol. The van der Waals surface area contributed by atoms with E-state index in [1.807, 2.05) is 14.0 Å². The second-order valence-corrected chi connectivity index (χ2v) is 10.5. The van der Waals surface area contributed by atoms with Crippen molar-refractivity contribution in [2.75, 3.05) is 38.1 Å². The molecule has 6 rings (SSSR count). The number of rotatable bonds is 4. The largest absolute Gasteiger partial charge is 0.324 e. The monoisotopic (exact) mass is 401 g/mol. The maximum atomic E-state index is 10.9. The molecule has 3 saturated carbocycles. The number of nitrogens with one attached hydrogen (secondary N) is 1. The van der Waals surface area contributed by atoms with Crippen molar-refractivity contribution in [3.05, 3.63) is 5.82 Å². The lowest BCUT2D eigenvalue weighted by Crippen LogP contribution is -2.56. The quantitative estimate of drug-likeness (QED) is 0.776. The van der Waals surface area contributed by atoms with Gasteiger partial charge in [-0.1, -0.05) is 5.16 Å². The maximum absolute atomic E-state index is 10.9. The molecule has 160 valence electrons. The van der Waals surface area contributed by atoms with Gasteiger partial charge >= 0.3 is 6.01 Å². The average Bonchev–Trinajstić information content (AvgIpc) is 3.13. The van der Waals surface area contributed by atoms with Crippen molar-refractivity contribution in [3.63, 3.8) is 0 Å². The van der Waals surface area contributed by atoms with E-state index in [0.717, 1.165) is 32.2 Å². The Kier molecular flexibility index (Phi) is 4.74. The topological polar surface area (TPSA) is 74.5 Å². The molecule has 3 atom stereocenters. The van der Waals surface area contributed by atoms with E-state index in [9.17, 15) is 4.79 Å². The summed E-state index contributed by atoms with van der Waals surface area (Å²) < 4.78 is 5.26. The minimum Gasteiger partial charge on any atom is -0.323 e. The maximum Gasteiger partial charge on any atom is 0.324 e. The number of anilines is 1. The van der Waals surface area contributed by atoms with Crippen molar-refractivity contribution >= 4 is 12.3 Å². The summed E-state index contributed by atoms with van der Waals surface area (Å²) in [7, 11) is 2.04. The molecule has 7 nitrogen and oxygen atoms in total. The number of carbonyl (C=O) groups excluding carboxylic acids is 1. The predicted molar refractivity (Wildman–Crippen MR) is 111 cm³/mol. The van der Waals surface area contributed by atoms with Crippen molar-refractivity contribution in [1.82, 2.24) is 20.4 Å². The van der Waals surface area contributed by atoms with Gasteiger partial charge in [0.05, 0.1) is 0 Å². The van der Waals surface area contributed by atoms with Gasteiger partial charge in [0.15, 0.2) is 5.82 Å². The molecule has 3 aliphatic carbocycles. The smallest absolute Gasteiger partial charge is 0.323 e. The number of aryl methyl sites for hydroxylation is 1. The molecule has 5 aliphatic rings. The fraction of sp³-hybridized carbons (Fsp3) is 0.864. The molecule has 1 N–H and O–H groups in total. The van der Waals surface area contributed by atoms with Gasteiger partial charge in [0.1, 0.15) is 6.29 Å². The predicted octanol–water partition coefficient (Wildman–Crippen LogP) is 2.26. The minimum absolute atomic E-state index is 0.381. The lowest BCUT2D eigenvalue weighted by molar-refractivity contribution is -0.109. The second-order valence-electron chi connectivity index (χ2n) is 10.5. The van der Waals surface area contributed by atoms with Crippen LogP contribution in [0, 0.1) is 30.1 Å². The molecule has 2 saturated heterocycles. The van der Waals surface area contributed by atoms with E-state index in [2.05, 4.69) is 32.2 Å². The van der Waals surface area contributed by atoms with Gasteiger partial charge in [-0.2, -0.15) is 4.98 Å². The molecule has 0 amide bonds. The first-order chi connectivity index (χ1) is 13.9. The molecular formula is C22H35N5O2. The number of piperidine rings is 1. The highest BCUT2D eigenvalue weighted by molar-refractivity contribution is 5.60. The van der Waals surface area contributed by atoms with E-state index < -0.39 is 0 Å². The molecule has 0 aromatic carbocycles. The van der Waals surface area contributed by atoms with E-state index in [1.54, 1.807) is 0 Å². The molecule has 3 heterocycles. The van der Waals surface area contributed by atoms with Gasteiger partial charge in [0.25, 0.3) is 0 Å². The van der Waals surface area contributed by atoms with Crippen LogP contribution in [0.3, 0.4) is 0 Å². The first-order valence-corrected chi connectivity index (χ1v) is 11.4. The number of aldehydes is 1. The Morgan fingerprint density at radius 2 is 1.93 bits per heavy atom. The van der Waals surface area contributed by atoms with Crippen LogP contribution in [0.4, 0.5) is 6.01 Å². The van der Waals surface area contributed by atoms with Crippen LogP contribution in [0.15, 0.2) is 4.52 Å². The Morgan fingerprint density at radius 3 is 2.41 bits per heavy atom. The highest BCUT2D eigenvalue weighted by Gasteiger charge is 2.58. The lowest BCUT2D eigenvalue weighted by atomic mass is 9.78. The number of likely N-dealkylation sites (tertiary alicyclic amines) is 1. The molecule has 3 unspecified atom stereocenters. The number of hydrogen-bond donors (Lipinski definition) is 1. The SMILES string of the molecule is CNC1(C)CCC1.Cc1noc(N2CC3(CCC(N4CC5C(C=O)C5C4)C3)C2)n1. The van der Waals surface area contributed by atoms with Gasteiger partial charge in [0.2, 0.25) is 0 Å². The van der Waals surface area contributed by atoms with Crippen molar-refractivity contribution in [1.29, 1.82) is 0 Å². The number of hydrogen-bond acceptors (Lipinski definition) is 7. The summed E-state index contributed by atoms with van der Waals surface area (Å²) in [6, 6.07) is 1.41. The van der Waals surface area contributed by atoms with E-state index in [-0.39, 0.29) is 0 Å². The lowest BCUT2D eigenvalue weighted by Gasteiger charge is -2.47. The van der Waals surface area contributed by atoms with Crippen LogP contribution in [0.5, 0.6) is 0 Å². The van der Waals surface area contributed by atoms with Crippen molar-refractivity contribution in [2.24, 2.45) is 23.2 Å².